The summed E-state index contributed by atoms with van der Waals surface area (Å²) in [6.07, 6.45) is 0. The van der Waals surface area contributed by atoms with E-state index in [1.807, 2.05) is 6.07 Å². The molecule has 1 aromatic carbocycles. The van der Waals surface area contributed by atoms with Crippen molar-refractivity contribution in [3.8, 4) is 5.75 Å². The summed E-state index contributed by atoms with van der Waals surface area (Å²) in [6, 6.07) is 8.32. The van der Waals surface area contributed by atoms with Gasteiger partial charge in [0.1, 0.15) is 12.4 Å². The van der Waals surface area contributed by atoms with Crippen molar-refractivity contribution in [3.05, 3.63) is 29.8 Å². The Morgan fingerprint density at radius 3 is 3.14 bits per heavy atom. The molecule has 0 radical (unpaired) electrons. The molecule has 2 aliphatic heterocycles. The summed E-state index contributed by atoms with van der Waals surface area (Å²) in [5.74, 6) is 2.19. The second-order valence-electron chi connectivity index (χ2n) is 4.11. The molecule has 2 atom stereocenters. The minimum Gasteiger partial charge on any atom is -0.487 e. The summed E-state index contributed by atoms with van der Waals surface area (Å²) in [5.41, 5.74) is 2.55. The van der Waals surface area contributed by atoms with Gasteiger partial charge < -0.3 is 4.74 Å². The number of fused-ring (bicyclic) bond motifs is 3. The van der Waals surface area contributed by atoms with E-state index < -0.39 is 0 Å². The molecule has 0 fully saturated rings. The molecule has 0 N–H and O–H groups in total. The summed E-state index contributed by atoms with van der Waals surface area (Å²) < 4.78 is 5.65. The third kappa shape index (κ3) is 0.999. The molecule has 0 amide bonds. The van der Waals surface area contributed by atoms with Gasteiger partial charge in [-0.1, -0.05) is 25.1 Å². The van der Waals surface area contributed by atoms with Crippen molar-refractivity contribution in [1.29, 1.82) is 0 Å². The van der Waals surface area contributed by atoms with Crippen molar-refractivity contribution in [2.75, 3.05) is 13.2 Å². The monoisotopic (exact) mass is 187 g/mol. The lowest BCUT2D eigenvalue weighted by Crippen LogP contribution is -2.26. The van der Waals surface area contributed by atoms with Crippen LogP contribution in [0, 0.1) is 5.92 Å². The summed E-state index contributed by atoms with van der Waals surface area (Å²) in [6.45, 7) is 3.91. The Balaban J connectivity index is 2.12. The van der Waals surface area contributed by atoms with Crippen LogP contribution in [0.25, 0.3) is 0 Å². The van der Waals surface area contributed by atoms with E-state index in [9.17, 15) is 0 Å². The Bertz CT molecular complexity index is 397. The van der Waals surface area contributed by atoms with Gasteiger partial charge in [0.05, 0.1) is 5.71 Å². The molecule has 72 valence electrons. The molecule has 2 nitrogen and oxygen atoms in total. The normalized spacial score (nSPS) is 28.8. The van der Waals surface area contributed by atoms with Gasteiger partial charge in [-0.25, -0.2) is 0 Å². The zero-order valence-corrected chi connectivity index (χ0v) is 8.23. The smallest absolute Gasteiger partial charge is 0.127 e. The molecule has 0 saturated heterocycles. The quantitative estimate of drug-likeness (QED) is 0.610. The molecule has 0 unspecified atom stereocenters. The molecule has 0 saturated carbocycles. The van der Waals surface area contributed by atoms with E-state index >= 15 is 0 Å². The van der Waals surface area contributed by atoms with Gasteiger partial charge in [0.25, 0.3) is 0 Å². The first-order valence-electron chi connectivity index (χ1n) is 5.11. The molecular weight excluding hydrogens is 174 g/mol. The second kappa shape index (κ2) is 2.84. The number of ether oxygens (including phenoxy) is 1. The van der Waals surface area contributed by atoms with Crippen molar-refractivity contribution in [3.63, 3.8) is 0 Å². The number of hydrogen-bond acceptors (Lipinski definition) is 2. The van der Waals surface area contributed by atoms with Crippen LogP contribution in [0.4, 0.5) is 0 Å². The fourth-order valence-electron chi connectivity index (χ4n) is 2.44. The largest absolute Gasteiger partial charge is 0.487 e. The van der Waals surface area contributed by atoms with E-state index in [0.29, 0.717) is 18.4 Å². The summed E-state index contributed by atoms with van der Waals surface area (Å²) in [7, 11) is 0. The molecule has 0 aromatic heterocycles. The van der Waals surface area contributed by atoms with Crippen LogP contribution in [-0.4, -0.2) is 18.9 Å². The van der Waals surface area contributed by atoms with Crippen molar-refractivity contribution in [2.45, 2.75) is 12.8 Å². The third-order valence-corrected chi connectivity index (χ3v) is 3.14. The molecule has 0 bridgehead atoms. The van der Waals surface area contributed by atoms with E-state index in [-0.39, 0.29) is 0 Å². The van der Waals surface area contributed by atoms with E-state index in [1.165, 1.54) is 11.3 Å². The number of benzene rings is 1. The Kier molecular flexibility index (Phi) is 1.63. The Morgan fingerprint density at radius 1 is 1.36 bits per heavy atom. The summed E-state index contributed by atoms with van der Waals surface area (Å²) in [4.78, 5) is 4.53. The highest BCUT2D eigenvalue weighted by molar-refractivity contribution is 5.95. The van der Waals surface area contributed by atoms with Crippen LogP contribution in [0.15, 0.2) is 29.3 Å². The number of rotatable bonds is 0. The van der Waals surface area contributed by atoms with Gasteiger partial charge in [-0.05, 0) is 12.0 Å². The fourth-order valence-corrected chi connectivity index (χ4v) is 2.44. The number of aliphatic imine (C=N–C) groups is 1. The first-order chi connectivity index (χ1) is 6.86. The minimum absolute atomic E-state index is 0.514. The van der Waals surface area contributed by atoms with Crippen LogP contribution in [0.3, 0.4) is 0 Å². The standard InChI is InChI=1S/C12H13NO/c1-8-6-13-10-7-14-11-5-3-2-4-9(11)12(8)10/h2-5,8,12H,6-7H2,1H3/t8-,12+/m1/s1. The molecule has 2 heterocycles. The SMILES string of the molecule is C[C@@H]1CN=C2COc3ccccc3[C@@H]21. The zero-order chi connectivity index (χ0) is 9.54. The maximum Gasteiger partial charge on any atom is 0.127 e. The van der Waals surface area contributed by atoms with Gasteiger partial charge >= 0.3 is 0 Å². The lowest BCUT2D eigenvalue weighted by molar-refractivity contribution is 0.350. The first kappa shape index (κ1) is 8.04. The summed E-state index contributed by atoms with van der Waals surface area (Å²) in [5, 5.41) is 0. The van der Waals surface area contributed by atoms with Gasteiger partial charge in [-0.2, -0.15) is 0 Å². The highest BCUT2D eigenvalue weighted by atomic mass is 16.5. The van der Waals surface area contributed by atoms with Crippen molar-refractivity contribution < 1.29 is 4.74 Å². The summed E-state index contributed by atoms with van der Waals surface area (Å²) >= 11 is 0. The maximum absolute atomic E-state index is 5.65. The predicted octanol–water partition coefficient (Wildman–Crippen LogP) is 2.25. The third-order valence-electron chi connectivity index (χ3n) is 3.14. The van der Waals surface area contributed by atoms with Gasteiger partial charge in [0, 0.05) is 18.0 Å². The maximum atomic E-state index is 5.65. The molecule has 3 rings (SSSR count). The van der Waals surface area contributed by atoms with Crippen LogP contribution < -0.4 is 4.74 Å². The van der Waals surface area contributed by atoms with Crippen molar-refractivity contribution >= 4 is 5.71 Å². The van der Waals surface area contributed by atoms with Crippen molar-refractivity contribution in [2.24, 2.45) is 10.9 Å². The number of nitrogens with zero attached hydrogens (tertiary/aromatic N) is 1. The van der Waals surface area contributed by atoms with Gasteiger partial charge in [0.15, 0.2) is 0 Å². The van der Waals surface area contributed by atoms with E-state index in [0.717, 1.165) is 12.3 Å². The topological polar surface area (TPSA) is 21.6 Å². The predicted molar refractivity (Wildman–Crippen MR) is 56.1 cm³/mol. The van der Waals surface area contributed by atoms with E-state index in [2.05, 4.69) is 30.1 Å². The molecule has 2 aliphatic rings. The van der Waals surface area contributed by atoms with Gasteiger partial charge in [-0.15, -0.1) is 0 Å². The number of para-hydroxylation sites is 1. The van der Waals surface area contributed by atoms with Crippen molar-refractivity contribution in [1.82, 2.24) is 0 Å². The highest BCUT2D eigenvalue weighted by Crippen LogP contribution is 2.39. The molecule has 0 aliphatic carbocycles. The first-order valence-corrected chi connectivity index (χ1v) is 5.11. The average Bonchev–Trinajstić information content (AvgIpc) is 2.61. The van der Waals surface area contributed by atoms with Gasteiger partial charge in [0.2, 0.25) is 0 Å². The Morgan fingerprint density at radius 2 is 2.21 bits per heavy atom. The lowest BCUT2D eigenvalue weighted by atomic mass is 9.84. The lowest BCUT2D eigenvalue weighted by Gasteiger charge is -2.26. The zero-order valence-electron chi connectivity index (χ0n) is 8.23. The Labute approximate surface area is 83.6 Å². The fraction of sp³-hybridized carbons (Fsp3) is 0.417. The van der Waals surface area contributed by atoms with Crippen LogP contribution in [0.5, 0.6) is 5.75 Å². The van der Waals surface area contributed by atoms with Crippen LogP contribution in [0.1, 0.15) is 18.4 Å². The average molecular weight is 187 g/mol. The van der Waals surface area contributed by atoms with Gasteiger partial charge in [-0.3, -0.25) is 4.99 Å². The minimum atomic E-state index is 0.514. The second-order valence-corrected chi connectivity index (χ2v) is 4.11. The molecule has 2 heteroatoms. The molecular formula is C12H13NO. The molecule has 14 heavy (non-hydrogen) atoms. The highest BCUT2D eigenvalue weighted by Gasteiger charge is 2.34. The van der Waals surface area contributed by atoms with Crippen LogP contribution >= 0.6 is 0 Å². The number of hydrogen-bond donors (Lipinski definition) is 0. The van der Waals surface area contributed by atoms with Crippen LogP contribution in [-0.2, 0) is 0 Å². The Hall–Kier alpha value is -1.31. The molecule has 0 spiro atoms. The van der Waals surface area contributed by atoms with E-state index in [4.69, 9.17) is 4.74 Å². The molecule has 1 aromatic rings. The van der Waals surface area contributed by atoms with Crippen LogP contribution in [0.2, 0.25) is 0 Å². The van der Waals surface area contributed by atoms with E-state index in [1.54, 1.807) is 0 Å².